The third kappa shape index (κ3) is 5.80. The van der Waals surface area contributed by atoms with Crippen molar-refractivity contribution in [3.05, 3.63) is 0 Å². The smallest absolute Gasteiger partial charge is 0.0589 e. The lowest BCUT2D eigenvalue weighted by atomic mass is 9.71. The van der Waals surface area contributed by atoms with E-state index in [2.05, 4.69) is 25.7 Å². The van der Waals surface area contributed by atoms with Gasteiger partial charge in [-0.1, -0.05) is 33.6 Å². The molecule has 0 radical (unpaired) electrons. The topological polar surface area (TPSA) is 32.7 Å². The van der Waals surface area contributed by atoms with Gasteiger partial charge in [-0.2, -0.15) is 0 Å². The fourth-order valence-corrected chi connectivity index (χ4v) is 3.19. The second-order valence-corrected chi connectivity index (χ2v) is 6.96. The molecule has 3 heteroatoms. The van der Waals surface area contributed by atoms with Crippen LogP contribution in [0.4, 0.5) is 0 Å². The summed E-state index contributed by atoms with van der Waals surface area (Å²) < 4.78 is 5.22. The first-order valence-electron chi connectivity index (χ1n) is 7.83. The first-order valence-corrected chi connectivity index (χ1v) is 7.83. The number of methoxy groups -OCH3 is 1. The molecule has 1 rings (SSSR count). The van der Waals surface area contributed by atoms with Gasteiger partial charge in [-0.15, -0.1) is 0 Å². The predicted molar refractivity (Wildman–Crippen MR) is 80.3 cm³/mol. The highest BCUT2D eigenvalue weighted by atomic mass is 16.5. The fraction of sp³-hybridized carbons (Fsp3) is 1.00. The highest BCUT2D eigenvalue weighted by molar-refractivity contribution is 4.87. The Morgan fingerprint density at radius 1 is 1.32 bits per heavy atom. The van der Waals surface area contributed by atoms with Gasteiger partial charge in [0, 0.05) is 38.8 Å². The van der Waals surface area contributed by atoms with Crippen molar-refractivity contribution in [1.82, 2.24) is 4.90 Å². The van der Waals surface area contributed by atoms with Gasteiger partial charge in [0.25, 0.3) is 0 Å². The van der Waals surface area contributed by atoms with Crippen LogP contribution in [0.5, 0.6) is 0 Å². The Morgan fingerprint density at radius 2 is 1.95 bits per heavy atom. The average molecular weight is 271 g/mol. The van der Waals surface area contributed by atoms with E-state index < -0.39 is 0 Å². The summed E-state index contributed by atoms with van der Waals surface area (Å²) in [4.78, 5) is 2.49. The van der Waals surface area contributed by atoms with Crippen molar-refractivity contribution in [3.63, 3.8) is 0 Å². The molecule has 3 nitrogen and oxygen atoms in total. The molecule has 0 unspecified atom stereocenters. The van der Waals surface area contributed by atoms with Gasteiger partial charge in [-0.25, -0.2) is 0 Å². The number of ether oxygens (including phenoxy) is 1. The number of hydrogen-bond donors (Lipinski definition) is 1. The van der Waals surface area contributed by atoms with Crippen molar-refractivity contribution in [3.8, 4) is 0 Å². The van der Waals surface area contributed by atoms with E-state index in [1.54, 1.807) is 7.11 Å². The molecule has 1 fully saturated rings. The molecule has 1 aliphatic carbocycles. The lowest BCUT2D eigenvalue weighted by molar-refractivity contribution is 0.0184. The van der Waals surface area contributed by atoms with E-state index in [9.17, 15) is 5.11 Å². The molecule has 0 bridgehead atoms. The zero-order valence-corrected chi connectivity index (χ0v) is 13.3. The van der Waals surface area contributed by atoms with Crippen molar-refractivity contribution >= 4 is 0 Å². The molecule has 114 valence electrons. The molecule has 1 aliphatic rings. The maximum atomic E-state index is 9.88. The number of aliphatic hydroxyl groups excluding tert-OH is 1. The maximum absolute atomic E-state index is 9.88. The van der Waals surface area contributed by atoms with Crippen LogP contribution in [0, 0.1) is 17.3 Å². The molecule has 0 amide bonds. The molecule has 0 aromatic rings. The van der Waals surface area contributed by atoms with Crippen LogP contribution >= 0.6 is 0 Å². The lowest BCUT2D eigenvalue weighted by Gasteiger charge is -2.42. The summed E-state index contributed by atoms with van der Waals surface area (Å²) in [5, 5.41) is 9.88. The average Bonchev–Trinajstić information content (AvgIpc) is 2.38. The van der Waals surface area contributed by atoms with Crippen molar-refractivity contribution in [2.45, 2.75) is 46.5 Å². The number of rotatable bonds is 8. The van der Waals surface area contributed by atoms with E-state index in [1.165, 1.54) is 25.7 Å². The van der Waals surface area contributed by atoms with Gasteiger partial charge in [-0.3, -0.25) is 0 Å². The van der Waals surface area contributed by atoms with Crippen molar-refractivity contribution in [2.75, 3.05) is 40.0 Å². The van der Waals surface area contributed by atoms with E-state index in [4.69, 9.17) is 4.74 Å². The molecule has 0 aromatic heterocycles. The minimum atomic E-state index is 0.134. The van der Waals surface area contributed by atoms with Crippen LogP contribution < -0.4 is 0 Å². The molecule has 19 heavy (non-hydrogen) atoms. The normalized spacial score (nSPS) is 28.3. The molecule has 1 N–H and O–H groups in total. The monoisotopic (exact) mass is 271 g/mol. The molecule has 0 spiro atoms. The molecular weight excluding hydrogens is 238 g/mol. The molecular formula is C16H33NO2. The Labute approximate surface area is 119 Å². The summed E-state index contributed by atoms with van der Waals surface area (Å²) in [6, 6.07) is 0. The first-order chi connectivity index (χ1) is 9.01. The molecule has 0 saturated heterocycles. The van der Waals surface area contributed by atoms with E-state index >= 15 is 0 Å². The Bertz CT molecular complexity index is 235. The largest absolute Gasteiger partial charge is 0.396 e. The molecule has 1 saturated carbocycles. The van der Waals surface area contributed by atoms with Gasteiger partial charge in [0.1, 0.15) is 0 Å². The number of nitrogens with zero attached hydrogens (tertiary/aromatic N) is 1. The maximum Gasteiger partial charge on any atom is 0.0589 e. The summed E-state index contributed by atoms with van der Waals surface area (Å²) >= 11 is 0. The fourth-order valence-electron chi connectivity index (χ4n) is 3.19. The van der Waals surface area contributed by atoms with Gasteiger partial charge in [-0.05, 0) is 24.7 Å². The van der Waals surface area contributed by atoms with Gasteiger partial charge in [0.05, 0.1) is 6.61 Å². The lowest BCUT2D eigenvalue weighted by Crippen LogP contribution is -2.44. The summed E-state index contributed by atoms with van der Waals surface area (Å²) in [5.41, 5.74) is 0.134. The highest BCUT2D eigenvalue weighted by Gasteiger charge is 2.35. The zero-order valence-electron chi connectivity index (χ0n) is 13.3. The summed E-state index contributed by atoms with van der Waals surface area (Å²) in [6.07, 6.45) is 4.87. The van der Waals surface area contributed by atoms with Crippen molar-refractivity contribution in [1.29, 1.82) is 0 Å². The minimum Gasteiger partial charge on any atom is -0.396 e. The highest BCUT2D eigenvalue weighted by Crippen LogP contribution is 2.39. The van der Waals surface area contributed by atoms with Gasteiger partial charge < -0.3 is 14.7 Å². The molecule has 0 atom stereocenters. The Morgan fingerprint density at radius 3 is 2.42 bits per heavy atom. The van der Waals surface area contributed by atoms with Crippen LogP contribution in [0.3, 0.4) is 0 Å². The van der Waals surface area contributed by atoms with Crippen LogP contribution in [-0.4, -0.2) is 50.0 Å². The van der Waals surface area contributed by atoms with E-state index in [-0.39, 0.29) is 5.41 Å². The first kappa shape index (κ1) is 16.9. The summed E-state index contributed by atoms with van der Waals surface area (Å²) in [7, 11) is 1.76. The predicted octanol–water partition coefficient (Wildman–Crippen LogP) is 2.78. The van der Waals surface area contributed by atoms with Gasteiger partial charge in [0.2, 0.25) is 0 Å². The molecule has 0 aliphatic heterocycles. The standard InChI is InChI=1S/C16H33NO2/c1-14(2)11-17(9-10-19-4)12-16(13-18)7-5-15(3)6-8-16/h14-15,18H,5-13H2,1-4H3. The van der Waals surface area contributed by atoms with Crippen LogP contribution in [0.1, 0.15) is 46.5 Å². The minimum absolute atomic E-state index is 0.134. The molecule has 0 aromatic carbocycles. The van der Waals surface area contributed by atoms with Crippen LogP contribution in [-0.2, 0) is 4.74 Å². The summed E-state index contributed by atoms with van der Waals surface area (Å²) in [5.74, 6) is 1.49. The van der Waals surface area contributed by atoms with Gasteiger partial charge >= 0.3 is 0 Å². The summed E-state index contributed by atoms with van der Waals surface area (Å²) in [6.45, 7) is 11.1. The van der Waals surface area contributed by atoms with Crippen LogP contribution in [0.25, 0.3) is 0 Å². The Hall–Kier alpha value is -0.120. The SMILES string of the molecule is COCCN(CC(C)C)CC1(CO)CCC(C)CC1. The Balaban J connectivity index is 2.57. The molecule has 0 heterocycles. The van der Waals surface area contributed by atoms with Crippen LogP contribution in [0.2, 0.25) is 0 Å². The van der Waals surface area contributed by atoms with Crippen molar-refractivity contribution < 1.29 is 9.84 Å². The van der Waals surface area contributed by atoms with Crippen LogP contribution in [0.15, 0.2) is 0 Å². The second-order valence-electron chi connectivity index (χ2n) is 6.96. The Kier molecular flexibility index (Phi) is 7.33. The van der Waals surface area contributed by atoms with E-state index in [0.29, 0.717) is 12.5 Å². The third-order valence-corrected chi connectivity index (χ3v) is 4.46. The second kappa shape index (κ2) is 8.23. The number of aliphatic hydroxyl groups is 1. The van der Waals surface area contributed by atoms with E-state index in [1.807, 2.05) is 0 Å². The number of hydrogen-bond acceptors (Lipinski definition) is 3. The third-order valence-electron chi connectivity index (χ3n) is 4.46. The van der Waals surface area contributed by atoms with E-state index in [0.717, 1.165) is 32.2 Å². The van der Waals surface area contributed by atoms with Crippen molar-refractivity contribution in [2.24, 2.45) is 17.3 Å². The van der Waals surface area contributed by atoms with Gasteiger partial charge in [0.15, 0.2) is 0 Å². The zero-order chi connectivity index (χ0) is 14.3. The quantitative estimate of drug-likeness (QED) is 0.737.